The van der Waals surface area contributed by atoms with Crippen molar-refractivity contribution < 1.29 is 14.4 Å². The number of carbonyl (C=O) groups is 3. The summed E-state index contributed by atoms with van der Waals surface area (Å²) in [6.07, 6.45) is 0.122. The predicted molar refractivity (Wildman–Crippen MR) is 122 cm³/mol. The number of nitrogens with one attached hydrogen (secondary N) is 2. The number of hydrogen-bond donors (Lipinski definition) is 2. The molecule has 2 atom stereocenters. The number of hydrogen-bond acceptors (Lipinski definition) is 4. The van der Waals surface area contributed by atoms with Crippen LogP contribution in [0.3, 0.4) is 0 Å². The Morgan fingerprint density at radius 1 is 1.06 bits per heavy atom. The van der Waals surface area contributed by atoms with Crippen LogP contribution in [0.2, 0.25) is 0 Å². The summed E-state index contributed by atoms with van der Waals surface area (Å²) in [6.45, 7) is 2.00. The van der Waals surface area contributed by atoms with Crippen molar-refractivity contribution in [3.63, 3.8) is 0 Å². The molecule has 158 valence electrons. The van der Waals surface area contributed by atoms with Gasteiger partial charge in [-0.1, -0.05) is 29.8 Å². The van der Waals surface area contributed by atoms with Crippen molar-refractivity contribution in [3.8, 4) is 0 Å². The summed E-state index contributed by atoms with van der Waals surface area (Å²) >= 11 is 1.53. The van der Waals surface area contributed by atoms with Crippen molar-refractivity contribution in [2.24, 2.45) is 5.92 Å². The Labute approximate surface area is 184 Å². The molecule has 0 bridgehead atoms. The largest absolute Gasteiger partial charge is 0.355 e. The summed E-state index contributed by atoms with van der Waals surface area (Å²) in [5.74, 6) is -1.10. The van der Waals surface area contributed by atoms with Gasteiger partial charge in [0, 0.05) is 35.3 Å². The first kappa shape index (κ1) is 20.8. The molecule has 1 aliphatic rings. The van der Waals surface area contributed by atoms with Crippen LogP contribution in [0.5, 0.6) is 0 Å². The molecule has 2 N–H and O–H groups in total. The monoisotopic (exact) mass is 433 g/mol. The maximum atomic E-state index is 13.3. The first-order valence-corrected chi connectivity index (χ1v) is 10.9. The highest BCUT2D eigenvalue weighted by molar-refractivity contribution is 7.10. The van der Waals surface area contributed by atoms with Gasteiger partial charge in [-0.2, -0.15) is 0 Å². The van der Waals surface area contributed by atoms with Crippen LogP contribution in [0.1, 0.15) is 33.3 Å². The van der Waals surface area contributed by atoms with E-state index in [-0.39, 0.29) is 30.2 Å². The topological polar surface area (TPSA) is 78.5 Å². The molecule has 31 heavy (non-hydrogen) atoms. The van der Waals surface area contributed by atoms with Crippen LogP contribution < -0.4 is 15.5 Å². The van der Waals surface area contributed by atoms with E-state index in [9.17, 15) is 14.4 Å². The third kappa shape index (κ3) is 4.22. The number of carbonyl (C=O) groups excluding carboxylic acids is 3. The van der Waals surface area contributed by atoms with Crippen LogP contribution in [-0.4, -0.2) is 24.8 Å². The molecule has 0 aliphatic carbocycles. The second kappa shape index (κ2) is 8.73. The van der Waals surface area contributed by atoms with Gasteiger partial charge in [-0.05, 0) is 48.7 Å². The lowest BCUT2D eigenvalue weighted by molar-refractivity contribution is -0.122. The minimum absolute atomic E-state index is 0.0819. The molecular formula is C24H23N3O3S. The highest BCUT2D eigenvalue weighted by atomic mass is 32.1. The predicted octanol–water partition coefficient (Wildman–Crippen LogP) is 4.15. The lowest BCUT2D eigenvalue weighted by Crippen LogP contribution is -2.32. The molecule has 0 saturated carbocycles. The standard InChI is InChI=1S/C24H23N3O3S/c1-15-8-10-18(11-9-15)27-21(28)14-19(22(27)20-7-4-12-31-20)24(30)26-17-6-3-5-16(13-17)23(29)25-2/h3-13,19,22H,14H2,1-2H3,(H,25,29)(H,26,30). The molecule has 0 radical (unpaired) electrons. The van der Waals surface area contributed by atoms with Gasteiger partial charge in [-0.25, -0.2) is 0 Å². The average molecular weight is 434 g/mol. The zero-order valence-electron chi connectivity index (χ0n) is 17.3. The summed E-state index contributed by atoms with van der Waals surface area (Å²) in [5.41, 5.74) is 2.87. The van der Waals surface area contributed by atoms with Crippen molar-refractivity contribution >= 4 is 40.4 Å². The molecule has 3 amide bonds. The third-order valence-electron chi connectivity index (χ3n) is 5.43. The summed E-state index contributed by atoms with van der Waals surface area (Å²) in [5, 5.41) is 7.43. The van der Waals surface area contributed by atoms with E-state index in [1.807, 2.05) is 48.7 Å². The number of thiophene rings is 1. The molecular weight excluding hydrogens is 410 g/mol. The molecule has 6 nitrogen and oxygen atoms in total. The Morgan fingerprint density at radius 2 is 1.84 bits per heavy atom. The van der Waals surface area contributed by atoms with Gasteiger partial charge in [0.05, 0.1) is 12.0 Å². The van der Waals surface area contributed by atoms with Gasteiger partial charge in [0.25, 0.3) is 5.91 Å². The van der Waals surface area contributed by atoms with Gasteiger partial charge in [0.15, 0.2) is 0 Å². The van der Waals surface area contributed by atoms with Crippen LogP contribution in [0.25, 0.3) is 0 Å². The van der Waals surface area contributed by atoms with Crippen LogP contribution in [-0.2, 0) is 9.59 Å². The van der Waals surface area contributed by atoms with Crippen molar-refractivity contribution in [1.29, 1.82) is 0 Å². The van der Waals surface area contributed by atoms with Crippen molar-refractivity contribution in [2.75, 3.05) is 17.3 Å². The minimum atomic E-state index is -0.545. The number of anilines is 2. The van der Waals surface area contributed by atoms with E-state index in [0.29, 0.717) is 11.3 Å². The van der Waals surface area contributed by atoms with E-state index in [2.05, 4.69) is 10.6 Å². The summed E-state index contributed by atoms with van der Waals surface area (Å²) in [4.78, 5) is 40.9. The fraction of sp³-hybridized carbons (Fsp3) is 0.208. The third-order valence-corrected chi connectivity index (χ3v) is 6.37. The molecule has 1 fully saturated rings. The Bertz CT molecular complexity index is 1110. The normalized spacial score (nSPS) is 18.1. The highest BCUT2D eigenvalue weighted by Crippen LogP contribution is 2.43. The quantitative estimate of drug-likeness (QED) is 0.635. The first-order chi connectivity index (χ1) is 15.0. The smallest absolute Gasteiger partial charge is 0.251 e. The Balaban J connectivity index is 1.64. The van der Waals surface area contributed by atoms with E-state index in [1.165, 1.54) is 11.3 Å². The van der Waals surface area contributed by atoms with E-state index in [4.69, 9.17) is 0 Å². The molecule has 0 spiro atoms. The van der Waals surface area contributed by atoms with Crippen molar-refractivity contribution in [3.05, 3.63) is 82.0 Å². The molecule has 2 unspecified atom stereocenters. The maximum absolute atomic E-state index is 13.3. The second-order valence-electron chi connectivity index (χ2n) is 7.52. The molecule has 1 saturated heterocycles. The van der Waals surface area contributed by atoms with Gasteiger partial charge in [-0.15, -0.1) is 11.3 Å². The van der Waals surface area contributed by atoms with E-state index >= 15 is 0 Å². The Hall–Kier alpha value is -3.45. The zero-order valence-corrected chi connectivity index (χ0v) is 18.1. The Morgan fingerprint density at radius 3 is 2.52 bits per heavy atom. The number of amides is 3. The van der Waals surface area contributed by atoms with Gasteiger partial charge >= 0.3 is 0 Å². The molecule has 2 heterocycles. The van der Waals surface area contributed by atoms with E-state index in [0.717, 1.165) is 16.1 Å². The fourth-order valence-corrected chi connectivity index (χ4v) is 4.76. The minimum Gasteiger partial charge on any atom is -0.355 e. The molecule has 3 aromatic rings. The first-order valence-electron chi connectivity index (χ1n) is 10.0. The van der Waals surface area contributed by atoms with Gasteiger partial charge < -0.3 is 15.5 Å². The van der Waals surface area contributed by atoms with Crippen LogP contribution in [0, 0.1) is 12.8 Å². The van der Waals surface area contributed by atoms with Gasteiger partial charge in [-0.3, -0.25) is 14.4 Å². The zero-order chi connectivity index (χ0) is 22.0. The van der Waals surface area contributed by atoms with Crippen molar-refractivity contribution in [2.45, 2.75) is 19.4 Å². The van der Waals surface area contributed by atoms with E-state index < -0.39 is 5.92 Å². The number of benzene rings is 2. The van der Waals surface area contributed by atoms with Gasteiger partial charge in [0.1, 0.15) is 0 Å². The molecule has 1 aromatic heterocycles. The summed E-state index contributed by atoms with van der Waals surface area (Å²) in [7, 11) is 1.56. The van der Waals surface area contributed by atoms with Crippen molar-refractivity contribution in [1.82, 2.24) is 5.32 Å². The summed E-state index contributed by atoms with van der Waals surface area (Å²) in [6, 6.07) is 18.0. The lowest BCUT2D eigenvalue weighted by Gasteiger charge is -2.27. The average Bonchev–Trinajstić information content (AvgIpc) is 3.41. The van der Waals surface area contributed by atoms with Crippen LogP contribution >= 0.6 is 11.3 Å². The van der Waals surface area contributed by atoms with E-state index in [1.54, 1.807) is 36.2 Å². The van der Waals surface area contributed by atoms with Gasteiger partial charge in [0.2, 0.25) is 11.8 Å². The molecule has 7 heteroatoms. The SMILES string of the molecule is CNC(=O)c1cccc(NC(=O)C2CC(=O)N(c3ccc(C)cc3)C2c2cccs2)c1. The van der Waals surface area contributed by atoms with Crippen LogP contribution in [0.15, 0.2) is 66.0 Å². The molecule has 4 rings (SSSR count). The lowest BCUT2D eigenvalue weighted by atomic mass is 9.97. The molecule has 1 aliphatic heterocycles. The fourth-order valence-electron chi connectivity index (χ4n) is 3.88. The number of nitrogens with zero attached hydrogens (tertiary/aromatic N) is 1. The second-order valence-corrected chi connectivity index (χ2v) is 8.50. The van der Waals surface area contributed by atoms with Crippen LogP contribution in [0.4, 0.5) is 11.4 Å². The number of aryl methyl sites for hydroxylation is 1. The number of rotatable bonds is 5. The highest BCUT2D eigenvalue weighted by Gasteiger charge is 2.45. The molecule has 2 aromatic carbocycles. The maximum Gasteiger partial charge on any atom is 0.251 e. The summed E-state index contributed by atoms with van der Waals surface area (Å²) < 4.78 is 0. The Kier molecular flexibility index (Phi) is 5.86.